The van der Waals surface area contributed by atoms with Crippen LogP contribution in [0.1, 0.15) is 10.4 Å². The summed E-state index contributed by atoms with van der Waals surface area (Å²) in [4.78, 5) is 23.2. The summed E-state index contributed by atoms with van der Waals surface area (Å²) in [6, 6.07) is 3.89. The van der Waals surface area contributed by atoms with E-state index >= 15 is 0 Å². The smallest absolute Gasteiger partial charge is 0.287 e. The molecule has 0 bridgehead atoms. The zero-order chi connectivity index (χ0) is 13.0. The van der Waals surface area contributed by atoms with Crippen molar-refractivity contribution in [2.45, 2.75) is 0 Å². The number of nitro groups is 1. The Morgan fingerprint density at radius 1 is 1.65 bits per heavy atom. The van der Waals surface area contributed by atoms with Gasteiger partial charge in [-0.2, -0.15) is 0 Å². The normalized spacial score (nSPS) is 9.76. The number of nitro benzene ring substituents is 1. The van der Waals surface area contributed by atoms with E-state index in [0.29, 0.717) is 12.1 Å². The van der Waals surface area contributed by atoms with Crippen LogP contribution in [0, 0.1) is 10.1 Å². The number of benzene rings is 1. The molecular formula is C11H11ClN2O3. The number of halogens is 1. The number of nitrogens with zero attached hydrogens (tertiary/aromatic N) is 2. The molecule has 0 N–H and O–H groups in total. The van der Waals surface area contributed by atoms with Crippen molar-refractivity contribution in [3.8, 4) is 0 Å². The van der Waals surface area contributed by atoms with Crippen molar-refractivity contribution in [2.24, 2.45) is 0 Å². The van der Waals surface area contributed by atoms with Crippen LogP contribution in [0.3, 0.4) is 0 Å². The number of carbonyl (C=O) groups is 1. The molecular weight excluding hydrogens is 244 g/mol. The van der Waals surface area contributed by atoms with Gasteiger partial charge in [-0.1, -0.05) is 17.7 Å². The SMILES string of the molecule is C=CCN(C)C(=O)c1ccc([N+](=O)[O-])c(Cl)c1. The van der Waals surface area contributed by atoms with E-state index < -0.39 is 4.92 Å². The molecule has 0 aromatic heterocycles. The first-order chi connectivity index (χ1) is 7.97. The van der Waals surface area contributed by atoms with Crippen LogP contribution in [-0.2, 0) is 0 Å². The fourth-order valence-corrected chi connectivity index (χ4v) is 1.53. The molecule has 1 rings (SSSR count). The lowest BCUT2D eigenvalue weighted by Crippen LogP contribution is -2.26. The zero-order valence-electron chi connectivity index (χ0n) is 9.22. The maximum absolute atomic E-state index is 11.8. The van der Waals surface area contributed by atoms with E-state index in [1.807, 2.05) is 0 Å². The average Bonchev–Trinajstić information content (AvgIpc) is 2.27. The van der Waals surface area contributed by atoms with Gasteiger partial charge in [-0.3, -0.25) is 14.9 Å². The Kier molecular flexibility index (Phi) is 4.23. The molecule has 5 nitrogen and oxygen atoms in total. The molecule has 0 aliphatic heterocycles. The standard InChI is InChI=1S/C11H11ClN2O3/c1-3-6-13(2)11(15)8-4-5-10(14(16)17)9(12)7-8/h3-5,7H,1,6H2,2H3. The Balaban J connectivity index is 3.01. The molecule has 0 aliphatic carbocycles. The highest BCUT2D eigenvalue weighted by molar-refractivity contribution is 6.33. The van der Waals surface area contributed by atoms with Gasteiger partial charge in [0.25, 0.3) is 11.6 Å². The Bertz CT molecular complexity index is 474. The van der Waals surface area contributed by atoms with Gasteiger partial charge in [0.15, 0.2) is 0 Å². The second-order valence-corrected chi connectivity index (χ2v) is 3.80. The van der Waals surface area contributed by atoms with Crippen LogP contribution in [0.15, 0.2) is 30.9 Å². The second-order valence-electron chi connectivity index (χ2n) is 3.40. The number of hydrogen-bond acceptors (Lipinski definition) is 3. The largest absolute Gasteiger partial charge is 0.338 e. The van der Waals surface area contributed by atoms with Gasteiger partial charge in [0.1, 0.15) is 5.02 Å². The van der Waals surface area contributed by atoms with E-state index in [-0.39, 0.29) is 16.6 Å². The highest BCUT2D eigenvalue weighted by atomic mass is 35.5. The summed E-state index contributed by atoms with van der Waals surface area (Å²) in [6.45, 7) is 3.92. The summed E-state index contributed by atoms with van der Waals surface area (Å²) >= 11 is 5.72. The molecule has 1 aromatic carbocycles. The first kappa shape index (κ1) is 13.2. The van der Waals surface area contributed by atoms with Crippen LogP contribution in [0.25, 0.3) is 0 Å². The van der Waals surface area contributed by atoms with Gasteiger partial charge >= 0.3 is 0 Å². The summed E-state index contributed by atoms with van der Waals surface area (Å²) in [7, 11) is 1.61. The number of hydrogen-bond donors (Lipinski definition) is 0. The third kappa shape index (κ3) is 3.04. The highest BCUT2D eigenvalue weighted by Gasteiger charge is 2.16. The molecule has 6 heteroatoms. The summed E-state index contributed by atoms with van der Waals surface area (Å²) in [5, 5.41) is 10.5. The van der Waals surface area contributed by atoms with E-state index in [1.54, 1.807) is 13.1 Å². The van der Waals surface area contributed by atoms with Crippen molar-refractivity contribution in [2.75, 3.05) is 13.6 Å². The van der Waals surface area contributed by atoms with Crippen molar-refractivity contribution in [3.63, 3.8) is 0 Å². The van der Waals surface area contributed by atoms with Crippen molar-refractivity contribution < 1.29 is 9.72 Å². The van der Waals surface area contributed by atoms with Gasteiger partial charge < -0.3 is 4.90 Å². The van der Waals surface area contributed by atoms with Crippen LogP contribution in [0.5, 0.6) is 0 Å². The van der Waals surface area contributed by atoms with E-state index in [4.69, 9.17) is 11.6 Å². The third-order valence-electron chi connectivity index (χ3n) is 2.14. The summed E-state index contributed by atoms with van der Waals surface area (Å²) < 4.78 is 0. The van der Waals surface area contributed by atoms with Gasteiger partial charge in [-0.15, -0.1) is 6.58 Å². The van der Waals surface area contributed by atoms with Crippen LogP contribution in [0.2, 0.25) is 5.02 Å². The molecule has 17 heavy (non-hydrogen) atoms. The van der Waals surface area contributed by atoms with Crippen molar-refractivity contribution in [1.29, 1.82) is 0 Å². The van der Waals surface area contributed by atoms with E-state index in [9.17, 15) is 14.9 Å². The van der Waals surface area contributed by atoms with Gasteiger partial charge in [0.05, 0.1) is 4.92 Å². The van der Waals surface area contributed by atoms with E-state index in [2.05, 4.69) is 6.58 Å². The van der Waals surface area contributed by atoms with Crippen LogP contribution >= 0.6 is 11.6 Å². The number of rotatable bonds is 4. The summed E-state index contributed by atoms with van der Waals surface area (Å²) in [5.41, 5.74) is 0.0968. The minimum absolute atomic E-state index is 0.0483. The quantitative estimate of drug-likeness (QED) is 0.471. The summed E-state index contributed by atoms with van der Waals surface area (Å²) in [5.74, 6) is -0.262. The molecule has 0 heterocycles. The number of carbonyl (C=O) groups excluding carboxylic acids is 1. The lowest BCUT2D eigenvalue weighted by Gasteiger charge is -2.14. The first-order valence-corrected chi connectivity index (χ1v) is 5.15. The predicted molar refractivity (Wildman–Crippen MR) is 65.3 cm³/mol. The monoisotopic (exact) mass is 254 g/mol. The van der Waals surface area contributed by atoms with Crippen molar-refractivity contribution in [1.82, 2.24) is 4.90 Å². The van der Waals surface area contributed by atoms with Gasteiger partial charge in [-0.25, -0.2) is 0 Å². The maximum atomic E-state index is 11.8. The maximum Gasteiger partial charge on any atom is 0.287 e. The Morgan fingerprint density at radius 3 is 2.76 bits per heavy atom. The lowest BCUT2D eigenvalue weighted by molar-refractivity contribution is -0.384. The molecule has 90 valence electrons. The molecule has 0 aliphatic rings. The van der Waals surface area contributed by atoms with Crippen molar-refractivity contribution in [3.05, 3.63) is 51.6 Å². The fraction of sp³-hybridized carbons (Fsp3) is 0.182. The first-order valence-electron chi connectivity index (χ1n) is 4.77. The molecule has 0 fully saturated rings. The molecule has 0 saturated carbocycles. The molecule has 0 atom stereocenters. The van der Waals surface area contributed by atoms with Gasteiger partial charge in [0, 0.05) is 25.2 Å². The minimum atomic E-state index is -0.593. The molecule has 0 unspecified atom stereocenters. The molecule has 1 amide bonds. The average molecular weight is 255 g/mol. The number of likely N-dealkylation sites (N-methyl/N-ethyl adjacent to an activating group) is 1. The van der Waals surface area contributed by atoms with E-state index in [1.165, 1.54) is 23.1 Å². The van der Waals surface area contributed by atoms with Crippen LogP contribution in [-0.4, -0.2) is 29.3 Å². The van der Waals surface area contributed by atoms with Crippen LogP contribution < -0.4 is 0 Å². The fourth-order valence-electron chi connectivity index (χ4n) is 1.28. The molecule has 1 aromatic rings. The molecule has 0 spiro atoms. The third-order valence-corrected chi connectivity index (χ3v) is 2.44. The molecule has 0 radical (unpaired) electrons. The Morgan fingerprint density at radius 2 is 2.29 bits per heavy atom. The lowest BCUT2D eigenvalue weighted by atomic mass is 10.2. The zero-order valence-corrected chi connectivity index (χ0v) is 9.98. The van der Waals surface area contributed by atoms with Gasteiger partial charge in [0.2, 0.25) is 0 Å². The van der Waals surface area contributed by atoms with Gasteiger partial charge in [-0.05, 0) is 12.1 Å². The Hall–Kier alpha value is -1.88. The molecule has 0 saturated heterocycles. The van der Waals surface area contributed by atoms with Crippen molar-refractivity contribution >= 4 is 23.2 Å². The summed E-state index contributed by atoms with van der Waals surface area (Å²) in [6.07, 6.45) is 1.59. The van der Waals surface area contributed by atoms with Crippen LogP contribution in [0.4, 0.5) is 5.69 Å². The topological polar surface area (TPSA) is 63.5 Å². The second kappa shape index (κ2) is 5.45. The minimum Gasteiger partial charge on any atom is -0.338 e. The number of amides is 1. The Labute approximate surface area is 103 Å². The highest BCUT2D eigenvalue weighted by Crippen LogP contribution is 2.25. The predicted octanol–water partition coefficient (Wildman–Crippen LogP) is 2.51. The van der Waals surface area contributed by atoms with E-state index in [0.717, 1.165) is 0 Å².